The van der Waals surface area contributed by atoms with Crippen molar-refractivity contribution in [2.24, 2.45) is 0 Å². The molecule has 31 heavy (non-hydrogen) atoms. The number of thiazole rings is 1. The van der Waals surface area contributed by atoms with Crippen molar-refractivity contribution in [2.75, 3.05) is 0 Å². The highest BCUT2D eigenvalue weighted by atomic mass is 32.1. The highest BCUT2D eigenvalue weighted by Crippen LogP contribution is 2.44. The molecule has 1 aliphatic heterocycles. The van der Waals surface area contributed by atoms with Crippen LogP contribution in [0.5, 0.6) is 5.75 Å². The monoisotopic (exact) mass is 440 g/mol. The molecule has 4 rings (SSSR count). The Morgan fingerprint density at radius 3 is 2.39 bits per heavy atom. The molecule has 0 saturated heterocycles. The summed E-state index contributed by atoms with van der Waals surface area (Å²) >= 11 is 1.30. The van der Waals surface area contributed by atoms with E-state index in [9.17, 15) is 14.7 Å². The molecule has 1 fully saturated rings. The van der Waals surface area contributed by atoms with E-state index in [0.717, 1.165) is 42.0 Å². The lowest BCUT2D eigenvalue weighted by atomic mass is 9.94. The lowest BCUT2D eigenvalue weighted by molar-refractivity contribution is -0.131. The number of hydrogen-bond acceptors (Lipinski definition) is 6. The molecule has 1 unspecified atom stereocenters. The van der Waals surface area contributed by atoms with Gasteiger partial charge in [0.15, 0.2) is 5.76 Å². The Balaban J connectivity index is 1.78. The Kier molecular flexibility index (Phi) is 5.88. The van der Waals surface area contributed by atoms with Crippen molar-refractivity contribution in [3.05, 3.63) is 56.7 Å². The lowest BCUT2D eigenvalue weighted by Gasteiger charge is -2.32. The van der Waals surface area contributed by atoms with Crippen molar-refractivity contribution < 1.29 is 19.4 Å². The van der Waals surface area contributed by atoms with Crippen molar-refractivity contribution in [1.82, 2.24) is 9.88 Å². The van der Waals surface area contributed by atoms with E-state index >= 15 is 0 Å². The van der Waals surface area contributed by atoms with Crippen LogP contribution in [0, 0.1) is 13.8 Å². The van der Waals surface area contributed by atoms with Crippen LogP contribution in [0.15, 0.2) is 35.6 Å². The maximum absolute atomic E-state index is 13.5. The molecule has 2 aliphatic rings. The molecule has 2 aromatic rings. The summed E-state index contributed by atoms with van der Waals surface area (Å²) in [6.07, 6.45) is 3.89. The third-order valence-electron chi connectivity index (χ3n) is 5.88. The number of rotatable bonds is 6. The molecule has 1 amide bonds. The predicted molar refractivity (Wildman–Crippen MR) is 120 cm³/mol. The molecule has 2 heterocycles. The van der Waals surface area contributed by atoms with Crippen molar-refractivity contribution in [2.45, 2.75) is 71.6 Å². The van der Waals surface area contributed by atoms with Crippen molar-refractivity contribution >= 4 is 23.0 Å². The first-order valence-corrected chi connectivity index (χ1v) is 11.6. The Bertz CT molecular complexity index is 1030. The van der Waals surface area contributed by atoms with Crippen LogP contribution in [0.3, 0.4) is 0 Å². The number of amides is 1. The highest BCUT2D eigenvalue weighted by Gasteiger charge is 2.47. The number of ketones is 1. The van der Waals surface area contributed by atoms with E-state index in [4.69, 9.17) is 4.74 Å². The summed E-state index contributed by atoms with van der Waals surface area (Å²) in [5.41, 5.74) is 1.57. The SMILES string of the molecule is Cc1nc(C)c(C(=O)C2=C(O)C(=O)N(C3CCCC3)C2c2ccc(OC(C)C)cc2)s1. The predicted octanol–water partition coefficient (Wildman–Crippen LogP) is 5.07. The van der Waals surface area contributed by atoms with Crippen LogP contribution in [0.4, 0.5) is 0 Å². The highest BCUT2D eigenvalue weighted by molar-refractivity contribution is 7.14. The molecule has 164 valence electrons. The maximum Gasteiger partial charge on any atom is 0.290 e. The van der Waals surface area contributed by atoms with Gasteiger partial charge in [0.1, 0.15) is 5.75 Å². The Morgan fingerprint density at radius 1 is 1.19 bits per heavy atom. The summed E-state index contributed by atoms with van der Waals surface area (Å²) in [6, 6.07) is 6.87. The number of carbonyl (C=O) groups excluding carboxylic acids is 2. The first-order chi connectivity index (χ1) is 14.8. The third kappa shape index (κ3) is 3.99. The van der Waals surface area contributed by atoms with E-state index in [-0.39, 0.29) is 23.5 Å². The van der Waals surface area contributed by atoms with Crippen LogP contribution in [-0.2, 0) is 4.79 Å². The maximum atomic E-state index is 13.5. The van der Waals surface area contributed by atoms with Gasteiger partial charge in [-0.2, -0.15) is 0 Å². The minimum atomic E-state index is -0.613. The zero-order chi connectivity index (χ0) is 22.3. The fourth-order valence-electron chi connectivity index (χ4n) is 4.61. The van der Waals surface area contributed by atoms with E-state index in [1.165, 1.54) is 11.3 Å². The van der Waals surface area contributed by atoms with E-state index in [0.29, 0.717) is 10.6 Å². The zero-order valence-corrected chi connectivity index (χ0v) is 19.2. The van der Waals surface area contributed by atoms with E-state index in [2.05, 4.69) is 4.98 Å². The zero-order valence-electron chi connectivity index (χ0n) is 18.3. The molecule has 0 bridgehead atoms. The summed E-state index contributed by atoms with van der Waals surface area (Å²) in [6.45, 7) is 7.55. The third-order valence-corrected chi connectivity index (χ3v) is 6.96. The smallest absolute Gasteiger partial charge is 0.290 e. The number of aryl methyl sites for hydroxylation is 2. The quantitative estimate of drug-likeness (QED) is 0.635. The van der Waals surface area contributed by atoms with Crippen LogP contribution < -0.4 is 4.74 Å². The Labute approximate surface area is 186 Å². The molecular weight excluding hydrogens is 412 g/mol. The van der Waals surface area contributed by atoms with Gasteiger partial charge in [-0.3, -0.25) is 9.59 Å². The van der Waals surface area contributed by atoms with Gasteiger partial charge in [0.25, 0.3) is 5.91 Å². The number of nitrogens with zero attached hydrogens (tertiary/aromatic N) is 2. The molecule has 1 aromatic carbocycles. The number of aromatic nitrogens is 1. The number of carbonyl (C=O) groups is 2. The summed E-state index contributed by atoms with van der Waals surface area (Å²) in [4.78, 5) is 33.3. The van der Waals surface area contributed by atoms with Gasteiger partial charge in [0.05, 0.1) is 33.3 Å². The largest absolute Gasteiger partial charge is 0.503 e. The van der Waals surface area contributed by atoms with Gasteiger partial charge in [-0.05, 0) is 58.2 Å². The molecule has 1 aromatic heterocycles. The molecule has 6 nitrogen and oxygen atoms in total. The minimum Gasteiger partial charge on any atom is -0.503 e. The number of aliphatic hydroxyl groups is 1. The van der Waals surface area contributed by atoms with Crippen LogP contribution in [0.1, 0.15) is 71.5 Å². The van der Waals surface area contributed by atoms with Gasteiger partial charge in [-0.25, -0.2) is 4.98 Å². The topological polar surface area (TPSA) is 79.7 Å². The van der Waals surface area contributed by atoms with Gasteiger partial charge < -0.3 is 14.7 Å². The molecule has 1 N–H and O–H groups in total. The van der Waals surface area contributed by atoms with Crippen LogP contribution in [-0.4, -0.2) is 38.8 Å². The first-order valence-electron chi connectivity index (χ1n) is 10.8. The molecule has 1 saturated carbocycles. The second-order valence-corrected chi connectivity index (χ2v) is 9.73. The average Bonchev–Trinajstić information content (AvgIpc) is 3.41. The second-order valence-electron chi connectivity index (χ2n) is 8.53. The molecular formula is C24H28N2O4S. The first kappa shape index (κ1) is 21.6. The van der Waals surface area contributed by atoms with Gasteiger partial charge >= 0.3 is 0 Å². The van der Waals surface area contributed by atoms with Crippen molar-refractivity contribution in [3.8, 4) is 5.75 Å². The number of benzene rings is 1. The van der Waals surface area contributed by atoms with Gasteiger partial charge in [-0.1, -0.05) is 25.0 Å². The minimum absolute atomic E-state index is 0.0147. The van der Waals surface area contributed by atoms with Crippen molar-refractivity contribution in [3.63, 3.8) is 0 Å². The Hall–Kier alpha value is -2.67. The standard InChI is InChI=1S/C24H28N2O4S/c1-13(2)30-18-11-9-16(10-12-18)20-19(21(27)23-14(3)25-15(4)31-23)22(28)24(29)26(20)17-7-5-6-8-17/h9-13,17,20,28H,5-8H2,1-4H3. The number of aliphatic hydroxyl groups excluding tert-OH is 1. The number of Topliss-reactive ketones (excluding diaryl/α,β-unsaturated/α-hetero) is 1. The Morgan fingerprint density at radius 2 is 1.84 bits per heavy atom. The molecule has 0 radical (unpaired) electrons. The number of hydrogen-bond donors (Lipinski definition) is 1. The van der Waals surface area contributed by atoms with E-state index in [1.54, 1.807) is 11.8 Å². The normalized spacial score (nSPS) is 19.7. The molecule has 0 spiro atoms. The van der Waals surface area contributed by atoms with Gasteiger partial charge in [0.2, 0.25) is 5.78 Å². The molecule has 7 heteroatoms. The molecule has 1 aliphatic carbocycles. The van der Waals surface area contributed by atoms with Crippen LogP contribution in [0.2, 0.25) is 0 Å². The van der Waals surface area contributed by atoms with Crippen LogP contribution in [0.25, 0.3) is 0 Å². The van der Waals surface area contributed by atoms with E-state index in [1.807, 2.05) is 45.0 Å². The van der Waals surface area contributed by atoms with E-state index < -0.39 is 17.7 Å². The van der Waals surface area contributed by atoms with Gasteiger partial charge in [-0.15, -0.1) is 11.3 Å². The second kappa shape index (κ2) is 8.46. The summed E-state index contributed by atoms with van der Waals surface area (Å²) in [7, 11) is 0. The van der Waals surface area contributed by atoms with Crippen molar-refractivity contribution in [1.29, 1.82) is 0 Å². The average molecular weight is 441 g/mol. The summed E-state index contributed by atoms with van der Waals surface area (Å²) in [5, 5.41) is 11.6. The van der Waals surface area contributed by atoms with Crippen LogP contribution >= 0.6 is 11.3 Å². The molecule has 1 atom stereocenters. The number of ether oxygens (including phenoxy) is 1. The summed E-state index contributed by atoms with van der Waals surface area (Å²) in [5.74, 6) is -0.482. The fraction of sp³-hybridized carbons (Fsp3) is 0.458. The fourth-order valence-corrected chi connectivity index (χ4v) is 5.48. The van der Waals surface area contributed by atoms with Gasteiger partial charge in [0, 0.05) is 6.04 Å². The summed E-state index contributed by atoms with van der Waals surface area (Å²) < 4.78 is 5.75. The lowest BCUT2D eigenvalue weighted by Crippen LogP contribution is -2.38.